The maximum Gasteiger partial charge on any atom is 0.255 e. The molecule has 2 amide bonds. The van der Waals surface area contributed by atoms with Crippen LogP contribution in [0.25, 0.3) is 0 Å². The van der Waals surface area contributed by atoms with Crippen molar-refractivity contribution in [3.63, 3.8) is 0 Å². The van der Waals surface area contributed by atoms with E-state index in [9.17, 15) is 9.59 Å². The van der Waals surface area contributed by atoms with Gasteiger partial charge in [0.1, 0.15) is 0 Å². The van der Waals surface area contributed by atoms with Crippen molar-refractivity contribution in [1.29, 1.82) is 0 Å². The lowest BCUT2D eigenvalue weighted by Gasteiger charge is -2.32. The first-order valence-corrected chi connectivity index (χ1v) is 10.6. The number of amides is 2. The number of likely N-dealkylation sites (tertiary alicyclic amines) is 1. The number of rotatable bonds is 5. The van der Waals surface area contributed by atoms with Crippen LogP contribution in [-0.2, 0) is 0 Å². The number of pyridine rings is 1. The number of hydrogen-bond acceptors (Lipinski definition) is 3. The minimum Gasteiger partial charge on any atom is -0.350 e. The van der Waals surface area contributed by atoms with Gasteiger partial charge < -0.3 is 10.2 Å². The van der Waals surface area contributed by atoms with Gasteiger partial charge in [-0.1, -0.05) is 30.7 Å². The molecule has 154 valence electrons. The highest BCUT2D eigenvalue weighted by atomic mass is 35.5. The topological polar surface area (TPSA) is 62.3 Å². The first-order valence-electron chi connectivity index (χ1n) is 10.2. The lowest BCUT2D eigenvalue weighted by molar-refractivity contribution is 0.0710. The molecule has 1 aliphatic rings. The summed E-state index contributed by atoms with van der Waals surface area (Å²) in [4.78, 5) is 32.1. The molecule has 3 rings (SSSR count). The summed E-state index contributed by atoms with van der Waals surface area (Å²) in [5.74, 6) is 0.0419. The van der Waals surface area contributed by atoms with Gasteiger partial charge in [0.25, 0.3) is 11.8 Å². The Morgan fingerprint density at radius 1 is 1.17 bits per heavy atom. The van der Waals surface area contributed by atoms with Crippen molar-refractivity contribution in [3.8, 4) is 0 Å². The van der Waals surface area contributed by atoms with Crippen LogP contribution >= 0.6 is 11.6 Å². The molecule has 5 nitrogen and oxygen atoms in total. The molecule has 1 aromatic heterocycles. The lowest BCUT2D eigenvalue weighted by atomic mass is 9.89. The third-order valence-electron chi connectivity index (χ3n) is 5.57. The minimum atomic E-state index is -0.0728. The Bertz CT molecular complexity index is 891. The predicted molar refractivity (Wildman–Crippen MR) is 116 cm³/mol. The standard InChI is InChI=1S/C23H28ClN3O2/c1-4-15(2)26-22(28)19-10-9-16(3)25-21(19)17-11-13-27(14-12-17)23(29)18-7-5-6-8-20(18)24/h5-10,15,17H,4,11-14H2,1-3H3,(H,26,28). The quantitative estimate of drug-likeness (QED) is 0.779. The van der Waals surface area contributed by atoms with E-state index in [0.717, 1.165) is 30.7 Å². The lowest BCUT2D eigenvalue weighted by Crippen LogP contribution is -2.39. The first kappa shape index (κ1) is 21.3. The molecule has 2 heterocycles. The zero-order chi connectivity index (χ0) is 21.0. The van der Waals surface area contributed by atoms with Gasteiger partial charge in [-0.25, -0.2) is 0 Å². The zero-order valence-electron chi connectivity index (χ0n) is 17.2. The monoisotopic (exact) mass is 413 g/mol. The van der Waals surface area contributed by atoms with Crippen LogP contribution in [0.1, 0.15) is 71.1 Å². The summed E-state index contributed by atoms with van der Waals surface area (Å²) in [5.41, 5.74) is 2.92. The van der Waals surface area contributed by atoms with Crippen LogP contribution in [-0.4, -0.2) is 40.8 Å². The Hall–Kier alpha value is -2.40. The van der Waals surface area contributed by atoms with Gasteiger partial charge in [0, 0.05) is 30.7 Å². The van der Waals surface area contributed by atoms with Gasteiger partial charge >= 0.3 is 0 Å². The van der Waals surface area contributed by atoms with Gasteiger partial charge in [-0.2, -0.15) is 0 Å². The summed E-state index contributed by atoms with van der Waals surface area (Å²) in [6.07, 6.45) is 2.43. The van der Waals surface area contributed by atoms with Crippen molar-refractivity contribution in [1.82, 2.24) is 15.2 Å². The van der Waals surface area contributed by atoms with E-state index < -0.39 is 0 Å². The number of nitrogens with one attached hydrogen (secondary N) is 1. The molecule has 1 saturated heterocycles. The van der Waals surface area contributed by atoms with Crippen LogP contribution < -0.4 is 5.32 Å². The Morgan fingerprint density at radius 2 is 1.86 bits per heavy atom. The Kier molecular flexibility index (Phi) is 6.91. The van der Waals surface area contributed by atoms with Crippen LogP contribution in [0.5, 0.6) is 0 Å². The van der Waals surface area contributed by atoms with Crippen molar-refractivity contribution >= 4 is 23.4 Å². The van der Waals surface area contributed by atoms with E-state index >= 15 is 0 Å². The van der Waals surface area contributed by atoms with Gasteiger partial charge in [0.05, 0.1) is 21.8 Å². The highest BCUT2D eigenvalue weighted by molar-refractivity contribution is 6.33. The van der Waals surface area contributed by atoms with Crippen molar-refractivity contribution in [2.24, 2.45) is 0 Å². The maximum atomic E-state index is 12.8. The molecule has 2 aromatic rings. The molecule has 1 fully saturated rings. The Morgan fingerprint density at radius 3 is 2.52 bits per heavy atom. The fourth-order valence-corrected chi connectivity index (χ4v) is 3.86. The van der Waals surface area contributed by atoms with E-state index in [4.69, 9.17) is 16.6 Å². The van der Waals surface area contributed by atoms with E-state index in [1.54, 1.807) is 12.1 Å². The smallest absolute Gasteiger partial charge is 0.255 e. The molecule has 1 aliphatic heterocycles. The van der Waals surface area contributed by atoms with Crippen LogP contribution in [0.4, 0.5) is 0 Å². The van der Waals surface area contributed by atoms with Gasteiger partial charge in [-0.05, 0) is 57.4 Å². The van der Waals surface area contributed by atoms with Crippen molar-refractivity contribution < 1.29 is 9.59 Å². The van der Waals surface area contributed by atoms with Gasteiger partial charge in [-0.15, -0.1) is 0 Å². The van der Waals surface area contributed by atoms with Gasteiger partial charge in [0.15, 0.2) is 0 Å². The Balaban J connectivity index is 1.74. The molecule has 0 radical (unpaired) electrons. The van der Waals surface area contributed by atoms with E-state index in [2.05, 4.69) is 5.32 Å². The number of halogens is 1. The zero-order valence-corrected chi connectivity index (χ0v) is 18.0. The van der Waals surface area contributed by atoms with Crippen LogP contribution in [0.3, 0.4) is 0 Å². The van der Waals surface area contributed by atoms with Gasteiger partial charge in [0.2, 0.25) is 0 Å². The first-order chi connectivity index (χ1) is 13.9. The summed E-state index contributed by atoms with van der Waals surface area (Å²) in [6, 6.07) is 11.0. The average molecular weight is 414 g/mol. The van der Waals surface area contributed by atoms with Crippen molar-refractivity contribution in [2.75, 3.05) is 13.1 Å². The number of benzene rings is 1. The van der Waals surface area contributed by atoms with E-state index in [-0.39, 0.29) is 23.8 Å². The highest BCUT2D eigenvalue weighted by Gasteiger charge is 2.29. The highest BCUT2D eigenvalue weighted by Crippen LogP contribution is 2.30. The number of nitrogens with zero attached hydrogens (tertiary/aromatic N) is 2. The van der Waals surface area contributed by atoms with E-state index in [1.807, 2.05) is 49.9 Å². The number of hydrogen-bond donors (Lipinski definition) is 1. The minimum absolute atomic E-state index is 0.0408. The SMILES string of the molecule is CCC(C)NC(=O)c1ccc(C)nc1C1CCN(C(=O)c2ccccc2Cl)CC1. The largest absolute Gasteiger partial charge is 0.350 e. The number of carbonyl (C=O) groups is 2. The average Bonchev–Trinajstić information content (AvgIpc) is 2.73. The van der Waals surface area contributed by atoms with Crippen molar-refractivity contribution in [3.05, 3.63) is 63.9 Å². The molecule has 0 bridgehead atoms. The fraction of sp³-hybridized carbons (Fsp3) is 0.435. The van der Waals surface area contributed by atoms with Crippen LogP contribution in [0.2, 0.25) is 5.02 Å². The second-order valence-electron chi connectivity index (χ2n) is 7.71. The van der Waals surface area contributed by atoms with Crippen LogP contribution in [0.15, 0.2) is 36.4 Å². The molecule has 1 aromatic carbocycles. The molecule has 1 atom stereocenters. The molecular weight excluding hydrogens is 386 g/mol. The summed E-state index contributed by atoms with van der Waals surface area (Å²) in [5, 5.41) is 3.52. The van der Waals surface area contributed by atoms with E-state index in [0.29, 0.717) is 29.2 Å². The molecule has 1 N–H and O–H groups in total. The fourth-order valence-electron chi connectivity index (χ4n) is 3.64. The second kappa shape index (κ2) is 9.40. The molecule has 0 aliphatic carbocycles. The normalized spacial score (nSPS) is 15.8. The summed E-state index contributed by atoms with van der Waals surface area (Å²) >= 11 is 6.19. The number of aryl methyl sites for hydroxylation is 1. The molecule has 29 heavy (non-hydrogen) atoms. The maximum absolute atomic E-state index is 12.8. The Labute approximate surface area is 177 Å². The molecular formula is C23H28ClN3O2. The van der Waals surface area contributed by atoms with E-state index in [1.165, 1.54) is 0 Å². The summed E-state index contributed by atoms with van der Waals surface area (Å²) < 4.78 is 0. The molecule has 0 spiro atoms. The summed E-state index contributed by atoms with van der Waals surface area (Å²) in [7, 11) is 0. The molecule has 0 saturated carbocycles. The summed E-state index contributed by atoms with van der Waals surface area (Å²) in [6.45, 7) is 7.23. The predicted octanol–water partition coefficient (Wildman–Crippen LogP) is 4.59. The number of carbonyl (C=O) groups excluding carboxylic acids is 2. The third-order valence-corrected chi connectivity index (χ3v) is 5.90. The van der Waals surface area contributed by atoms with Crippen molar-refractivity contribution in [2.45, 2.75) is 52.0 Å². The molecule has 1 unspecified atom stereocenters. The third kappa shape index (κ3) is 4.96. The number of aromatic nitrogens is 1. The second-order valence-corrected chi connectivity index (χ2v) is 8.12. The van der Waals surface area contributed by atoms with Gasteiger partial charge in [-0.3, -0.25) is 14.6 Å². The molecule has 6 heteroatoms. The number of piperidine rings is 1. The van der Waals surface area contributed by atoms with Crippen LogP contribution in [0, 0.1) is 6.92 Å².